The molecule has 1 fully saturated rings. The minimum atomic E-state index is -0.864. The molecule has 3 rings (SSSR count). The Morgan fingerprint density at radius 2 is 1.85 bits per heavy atom. The standard InChI is InChI=1S/C22H30N2O3/c1-21(2,3)27-20(26)24-18-13-16-9-6-5-8-15(16)12-17(18)19(25)23-14-22(4)10-7-11-22/h5-6,8-9,12-13,19,23,25H,7,10-11,14H2,1-4H3,(H,24,26). The van der Waals surface area contributed by atoms with Gasteiger partial charge in [-0.2, -0.15) is 0 Å². The lowest BCUT2D eigenvalue weighted by molar-refractivity contribution is 0.0634. The maximum atomic E-state index is 12.3. The molecule has 0 saturated heterocycles. The van der Waals surface area contributed by atoms with E-state index in [4.69, 9.17) is 4.74 Å². The van der Waals surface area contributed by atoms with Crippen molar-refractivity contribution in [1.82, 2.24) is 5.32 Å². The molecule has 0 radical (unpaired) electrons. The van der Waals surface area contributed by atoms with Gasteiger partial charge in [0, 0.05) is 12.1 Å². The van der Waals surface area contributed by atoms with E-state index in [0.29, 0.717) is 11.3 Å². The Labute approximate surface area is 161 Å². The van der Waals surface area contributed by atoms with Gasteiger partial charge in [0.2, 0.25) is 0 Å². The molecule has 146 valence electrons. The van der Waals surface area contributed by atoms with E-state index in [0.717, 1.165) is 17.3 Å². The van der Waals surface area contributed by atoms with E-state index in [1.807, 2.05) is 57.2 Å². The number of carbonyl (C=O) groups excluding carboxylic acids is 1. The van der Waals surface area contributed by atoms with E-state index in [1.54, 1.807) is 0 Å². The number of nitrogens with one attached hydrogen (secondary N) is 2. The Kier molecular flexibility index (Phi) is 5.45. The maximum Gasteiger partial charge on any atom is 0.412 e. The molecule has 0 aromatic heterocycles. The normalized spacial score (nSPS) is 17.2. The third-order valence-corrected chi connectivity index (χ3v) is 5.13. The zero-order valence-corrected chi connectivity index (χ0v) is 16.6. The van der Waals surface area contributed by atoms with Crippen molar-refractivity contribution in [2.24, 2.45) is 5.41 Å². The monoisotopic (exact) mass is 370 g/mol. The highest BCUT2D eigenvalue weighted by molar-refractivity contribution is 5.93. The summed E-state index contributed by atoms with van der Waals surface area (Å²) >= 11 is 0. The minimum Gasteiger partial charge on any atom is -0.444 e. The second-order valence-corrected chi connectivity index (χ2v) is 8.86. The highest BCUT2D eigenvalue weighted by atomic mass is 16.6. The molecule has 5 nitrogen and oxygen atoms in total. The van der Waals surface area contributed by atoms with Crippen LogP contribution >= 0.6 is 0 Å². The molecule has 1 unspecified atom stereocenters. The lowest BCUT2D eigenvalue weighted by Gasteiger charge is -2.39. The fraction of sp³-hybridized carbons (Fsp3) is 0.500. The molecule has 2 aromatic carbocycles. The minimum absolute atomic E-state index is 0.247. The molecule has 0 heterocycles. The van der Waals surface area contributed by atoms with Crippen molar-refractivity contribution in [1.29, 1.82) is 0 Å². The fourth-order valence-electron chi connectivity index (χ4n) is 3.42. The Morgan fingerprint density at radius 1 is 1.22 bits per heavy atom. The summed E-state index contributed by atoms with van der Waals surface area (Å²) in [5, 5.41) is 18.8. The van der Waals surface area contributed by atoms with E-state index in [1.165, 1.54) is 19.3 Å². The number of amides is 1. The van der Waals surface area contributed by atoms with Gasteiger partial charge in [-0.05, 0) is 61.9 Å². The summed E-state index contributed by atoms with van der Waals surface area (Å²) in [4.78, 5) is 12.3. The molecular weight excluding hydrogens is 340 g/mol. The molecule has 2 aromatic rings. The number of carbonyl (C=O) groups is 1. The van der Waals surface area contributed by atoms with Crippen LogP contribution in [0.2, 0.25) is 0 Å². The molecule has 0 bridgehead atoms. The van der Waals surface area contributed by atoms with Gasteiger partial charge < -0.3 is 9.84 Å². The van der Waals surface area contributed by atoms with E-state index >= 15 is 0 Å². The van der Waals surface area contributed by atoms with Gasteiger partial charge in [0.05, 0.1) is 5.69 Å². The lowest BCUT2D eigenvalue weighted by atomic mass is 9.70. The van der Waals surface area contributed by atoms with Gasteiger partial charge >= 0.3 is 6.09 Å². The number of benzene rings is 2. The number of fused-ring (bicyclic) bond motifs is 1. The van der Waals surface area contributed by atoms with Crippen LogP contribution in [0.1, 0.15) is 58.7 Å². The van der Waals surface area contributed by atoms with Gasteiger partial charge in [-0.15, -0.1) is 0 Å². The molecule has 3 N–H and O–H groups in total. The van der Waals surface area contributed by atoms with Crippen molar-refractivity contribution >= 4 is 22.6 Å². The average molecular weight is 370 g/mol. The maximum absolute atomic E-state index is 12.3. The van der Waals surface area contributed by atoms with Gasteiger partial charge in [-0.3, -0.25) is 10.6 Å². The van der Waals surface area contributed by atoms with Gasteiger partial charge in [0.25, 0.3) is 0 Å². The number of ether oxygens (including phenoxy) is 1. The SMILES string of the molecule is CC1(CNC(O)c2cc3ccccc3cc2NC(=O)OC(C)(C)C)CCC1. The van der Waals surface area contributed by atoms with Crippen LogP contribution in [0, 0.1) is 5.41 Å². The Bertz CT molecular complexity index is 822. The first-order valence-electron chi connectivity index (χ1n) is 9.59. The predicted molar refractivity (Wildman–Crippen MR) is 109 cm³/mol. The highest BCUT2D eigenvalue weighted by Gasteiger charge is 2.32. The zero-order chi connectivity index (χ0) is 19.7. The third-order valence-electron chi connectivity index (χ3n) is 5.13. The predicted octanol–water partition coefficient (Wildman–Crippen LogP) is 4.96. The quantitative estimate of drug-likeness (QED) is 0.651. The van der Waals surface area contributed by atoms with Crippen LogP contribution in [0.15, 0.2) is 36.4 Å². The average Bonchev–Trinajstić information content (AvgIpc) is 2.55. The van der Waals surface area contributed by atoms with Crippen LogP contribution in [-0.4, -0.2) is 23.3 Å². The Hall–Kier alpha value is -2.11. The lowest BCUT2D eigenvalue weighted by Crippen LogP contribution is -2.39. The molecule has 5 heteroatoms. The summed E-state index contributed by atoms with van der Waals surface area (Å²) in [6, 6.07) is 11.7. The second-order valence-electron chi connectivity index (χ2n) is 8.86. The van der Waals surface area contributed by atoms with Crippen LogP contribution < -0.4 is 10.6 Å². The van der Waals surface area contributed by atoms with E-state index in [2.05, 4.69) is 17.6 Å². The van der Waals surface area contributed by atoms with Gasteiger partial charge in [0.15, 0.2) is 0 Å². The van der Waals surface area contributed by atoms with Crippen molar-refractivity contribution in [3.63, 3.8) is 0 Å². The van der Waals surface area contributed by atoms with E-state index in [-0.39, 0.29) is 5.41 Å². The van der Waals surface area contributed by atoms with E-state index in [9.17, 15) is 9.90 Å². The van der Waals surface area contributed by atoms with Gasteiger partial charge in [-0.1, -0.05) is 37.6 Å². The summed E-state index contributed by atoms with van der Waals surface area (Å²) in [7, 11) is 0. The molecule has 0 aliphatic heterocycles. The van der Waals surface area contributed by atoms with Crippen LogP contribution in [0.25, 0.3) is 10.8 Å². The number of aliphatic hydroxyl groups is 1. The summed E-state index contributed by atoms with van der Waals surface area (Å²) < 4.78 is 5.38. The Morgan fingerprint density at radius 3 is 2.41 bits per heavy atom. The molecule has 27 heavy (non-hydrogen) atoms. The Balaban J connectivity index is 1.85. The topological polar surface area (TPSA) is 70.6 Å². The first-order chi connectivity index (χ1) is 12.7. The highest BCUT2D eigenvalue weighted by Crippen LogP contribution is 2.40. The molecule has 1 aliphatic rings. The van der Waals surface area contributed by atoms with Crippen molar-refractivity contribution in [2.75, 3.05) is 11.9 Å². The van der Waals surface area contributed by atoms with Crippen molar-refractivity contribution in [2.45, 2.75) is 58.8 Å². The third kappa shape index (κ3) is 4.99. The van der Waals surface area contributed by atoms with Gasteiger partial charge in [-0.25, -0.2) is 4.79 Å². The first-order valence-corrected chi connectivity index (χ1v) is 9.59. The van der Waals surface area contributed by atoms with Crippen LogP contribution in [0.3, 0.4) is 0 Å². The molecule has 1 amide bonds. The summed E-state index contributed by atoms with van der Waals surface area (Å²) in [6.07, 6.45) is 2.20. The fourth-order valence-corrected chi connectivity index (χ4v) is 3.42. The summed E-state index contributed by atoms with van der Waals surface area (Å²) in [6.45, 7) is 8.44. The molecule has 1 aliphatic carbocycles. The van der Waals surface area contributed by atoms with Gasteiger partial charge in [0.1, 0.15) is 11.8 Å². The zero-order valence-electron chi connectivity index (χ0n) is 16.6. The molecular formula is C22H30N2O3. The van der Waals surface area contributed by atoms with Crippen LogP contribution in [0.5, 0.6) is 0 Å². The molecule has 1 saturated carbocycles. The van der Waals surface area contributed by atoms with Crippen molar-refractivity contribution in [3.8, 4) is 0 Å². The van der Waals surface area contributed by atoms with Crippen molar-refractivity contribution < 1.29 is 14.6 Å². The summed E-state index contributed by atoms with van der Waals surface area (Å²) in [5.74, 6) is 0. The number of hydrogen-bond acceptors (Lipinski definition) is 4. The molecule has 1 atom stereocenters. The molecule has 0 spiro atoms. The number of anilines is 1. The number of aliphatic hydroxyl groups excluding tert-OH is 1. The largest absolute Gasteiger partial charge is 0.444 e. The second kappa shape index (κ2) is 7.49. The van der Waals surface area contributed by atoms with Crippen molar-refractivity contribution in [3.05, 3.63) is 42.0 Å². The van der Waals surface area contributed by atoms with E-state index < -0.39 is 17.9 Å². The number of rotatable bonds is 5. The summed E-state index contributed by atoms with van der Waals surface area (Å²) in [5.41, 5.74) is 0.858. The van der Waals surface area contributed by atoms with Crippen LogP contribution in [0.4, 0.5) is 10.5 Å². The smallest absolute Gasteiger partial charge is 0.412 e. The first kappa shape index (κ1) is 19.6. The number of hydrogen-bond donors (Lipinski definition) is 3. The van der Waals surface area contributed by atoms with Crippen LogP contribution in [-0.2, 0) is 4.74 Å².